The Balaban J connectivity index is 2.07. The molecule has 0 spiro atoms. The van der Waals surface area contributed by atoms with Gasteiger partial charge in [0.15, 0.2) is 0 Å². The summed E-state index contributed by atoms with van der Waals surface area (Å²) in [6, 6.07) is 8.59. The maximum atomic E-state index is 12.5. The average molecular weight is 319 g/mol. The van der Waals surface area contributed by atoms with Gasteiger partial charge in [0.1, 0.15) is 5.69 Å². The molecule has 1 aromatic carbocycles. The van der Waals surface area contributed by atoms with Crippen molar-refractivity contribution in [1.82, 2.24) is 4.98 Å². The summed E-state index contributed by atoms with van der Waals surface area (Å²) in [4.78, 5) is 26.6. The molecular formula is C16H8F3NO3. The third kappa shape index (κ3) is 4.68. The summed E-state index contributed by atoms with van der Waals surface area (Å²) in [5.74, 6) is 1.99. The van der Waals surface area contributed by atoms with E-state index in [1.165, 1.54) is 24.4 Å². The zero-order chi connectivity index (χ0) is 16.9. The first-order chi connectivity index (χ1) is 10.9. The molecule has 0 atom stereocenters. The largest absolute Gasteiger partial charge is 0.416 e. The predicted octanol–water partition coefficient (Wildman–Crippen LogP) is 2.84. The summed E-state index contributed by atoms with van der Waals surface area (Å²) in [6.07, 6.45) is -3.16. The summed E-state index contributed by atoms with van der Waals surface area (Å²) in [7, 11) is 0. The second-order valence-electron chi connectivity index (χ2n) is 4.22. The van der Waals surface area contributed by atoms with Crippen LogP contribution in [-0.2, 0) is 15.7 Å². The van der Waals surface area contributed by atoms with Crippen molar-refractivity contribution < 1.29 is 27.5 Å². The lowest BCUT2D eigenvalue weighted by atomic mass is 10.1. The molecule has 2 aromatic rings. The number of rotatable bonds is 1. The lowest BCUT2D eigenvalue weighted by Crippen LogP contribution is -2.12. The molecule has 0 aliphatic rings. The van der Waals surface area contributed by atoms with Crippen LogP contribution in [0.15, 0.2) is 48.7 Å². The van der Waals surface area contributed by atoms with Crippen molar-refractivity contribution in [2.24, 2.45) is 0 Å². The van der Waals surface area contributed by atoms with Gasteiger partial charge in [-0.2, -0.15) is 13.2 Å². The van der Waals surface area contributed by atoms with Gasteiger partial charge < -0.3 is 4.74 Å². The Kier molecular flexibility index (Phi) is 4.76. The molecule has 0 unspecified atom stereocenters. The number of aromatic nitrogens is 1. The van der Waals surface area contributed by atoms with Crippen LogP contribution >= 0.6 is 0 Å². The second-order valence-corrected chi connectivity index (χ2v) is 4.22. The van der Waals surface area contributed by atoms with Gasteiger partial charge in [-0.25, -0.2) is 14.6 Å². The van der Waals surface area contributed by atoms with Crippen molar-refractivity contribution in [3.8, 4) is 11.8 Å². The van der Waals surface area contributed by atoms with Crippen LogP contribution in [0.1, 0.15) is 21.6 Å². The van der Waals surface area contributed by atoms with Gasteiger partial charge in [-0.1, -0.05) is 18.1 Å². The van der Waals surface area contributed by atoms with Crippen LogP contribution in [0, 0.1) is 11.8 Å². The number of hydrogen-bond donors (Lipinski definition) is 0. The molecule has 0 N–H and O–H groups in total. The van der Waals surface area contributed by atoms with Crippen LogP contribution in [0.5, 0.6) is 0 Å². The number of esters is 2. The highest BCUT2D eigenvalue weighted by Crippen LogP contribution is 2.29. The number of hydrogen-bond acceptors (Lipinski definition) is 4. The van der Waals surface area contributed by atoms with Gasteiger partial charge in [0, 0.05) is 17.7 Å². The average Bonchev–Trinajstić information content (AvgIpc) is 2.53. The van der Waals surface area contributed by atoms with Gasteiger partial charge in [0.05, 0.1) is 5.56 Å². The molecule has 0 aliphatic carbocycles. The minimum Gasteiger partial charge on any atom is -0.378 e. The number of carbonyl (C=O) groups excluding carboxylic acids is 2. The van der Waals surface area contributed by atoms with Crippen LogP contribution in [-0.4, -0.2) is 16.9 Å². The van der Waals surface area contributed by atoms with E-state index in [9.17, 15) is 22.8 Å². The molecule has 0 radical (unpaired) electrons. The molecule has 116 valence electrons. The highest BCUT2D eigenvalue weighted by molar-refractivity contribution is 6.01. The summed E-state index contributed by atoms with van der Waals surface area (Å²) in [5.41, 5.74) is -0.994. The Labute approximate surface area is 128 Å². The Morgan fingerprint density at radius 3 is 2.52 bits per heavy atom. The summed E-state index contributed by atoms with van der Waals surface area (Å²) in [6.45, 7) is 0. The highest BCUT2D eigenvalue weighted by atomic mass is 19.4. The molecule has 0 aliphatic heterocycles. The smallest absolute Gasteiger partial charge is 0.378 e. The minimum atomic E-state index is -4.51. The molecule has 23 heavy (non-hydrogen) atoms. The first-order valence-corrected chi connectivity index (χ1v) is 6.23. The number of carbonyl (C=O) groups is 2. The van der Waals surface area contributed by atoms with Gasteiger partial charge in [-0.15, -0.1) is 0 Å². The number of pyridine rings is 1. The van der Waals surface area contributed by atoms with Crippen molar-refractivity contribution in [3.63, 3.8) is 0 Å². The lowest BCUT2D eigenvalue weighted by molar-refractivity contribution is -0.137. The third-order valence-corrected chi connectivity index (χ3v) is 2.56. The van der Waals surface area contributed by atoms with Gasteiger partial charge in [0.2, 0.25) is 0 Å². The third-order valence-electron chi connectivity index (χ3n) is 2.56. The van der Waals surface area contributed by atoms with Gasteiger partial charge in [0.25, 0.3) is 0 Å². The van der Waals surface area contributed by atoms with Crippen molar-refractivity contribution in [2.45, 2.75) is 6.18 Å². The summed E-state index contributed by atoms with van der Waals surface area (Å²) >= 11 is 0. The van der Waals surface area contributed by atoms with Crippen LogP contribution in [0.2, 0.25) is 0 Å². The van der Waals surface area contributed by atoms with E-state index >= 15 is 0 Å². The van der Waals surface area contributed by atoms with E-state index in [1.54, 1.807) is 6.07 Å². The standard InChI is InChI=1S/C16H8F3NO3/c17-16(18,19)12-5-3-4-11(10-12)7-8-14(21)23-15(22)13-6-1-2-9-20-13/h1-6,9-10H. The molecule has 0 bridgehead atoms. The van der Waals surface area contributed by atoms with Gasteiger partial charge in [-0.05, 0) is 30.3 Å². The van der Waals surface area contributed by atoms with E-state index in [0.717, 1.165) is 18.2 Å². The lowest BCUT2D eigenvalue weighted by Gasteiger charge is -2.05. The quantitative estimate of drug-likeness (QED) is 0.461. The van der Waals surface area contributed by atoms with Crippen molar-refractivity contribution in [3.05, 3.63) is 65.5 Å². The Morgan fingerprint density at radius 1 is 1.09 bits per heavy atom. The molecule has 4 nitrogen and oxygen atoms in total. The zero-order valence-corrected chi connectivity index (χ0v) is 11.4. The fraction of sp³-hybridized carbons (Fsp3) is 0.0625. The molecule has 0 saturated carbocycles. The van der Waals surface area contributed by atoms with Gasteiger partial charge in [-0.3, -0.25) is 0 Å². The van der Waals surface area contributed by atoms with Crippen LogP contribution in [0.3, 0.4) is 0 Å². The summed E-state index contributed by atoms with van der Waals surface area (Å²) < 4.78 is 42.0. The SMILES string of the molecule is O=C(C#Cc1cccc(C(F)(F)F)c1)OC(=O)c1ccccn1. The van der Waals surface area contributed by atoms with E-state index in [0.29, 0.717) is 0 Å². The molecular weight excluding hydrogens is 311 g/mol. The fourth-order valence-corrected chi connectivity index (χ4v) is 1.54. The maximum absolute atomic E-state index is 12.5. The highest BCUT2D eigenvalue weighted by Gasteiger charge is 2.30. The van der Waals surface area contributed by atoms with Crippen molar-refractivity contribution in [2.75, 3.05) is 0 Å². The van der Waals surface area contributed by atoms with Crippen LogP contribution in [0.4, 0.5) is 13.2 Å². The molecule has 0 saturated heterocycles. The monoisotopic (exact) mass is 319 g/mol. The van der Waals surface area contributed by atoms with Crippen LogP contribution in [0.25, 0.3) is 0 Å². The maximum Gasteiger partial charge on any atom is 0.416 e. The first kappa shape index (κ1) is 16.2. The van der Waals surface area contributed by atoms with Crippen molar-refractivity contribution >= 4 is 11.9 Å². The van der Waals surface area contributed by atoms with E-state index in [1.807, 2.05) is 5.92 Å². The number of benzene rings is 1. The number of alkyl halides is 3. The van der Waals surface area contributed by atoms with Gasteiger partial charge >= 0.3 is 18.1 Å². The topological polar surface area (TPSA) is 56.3 Å². The van der Waals surface area contributed by atoms with E-state index in [2.05, 4.69) is 15.6 Å². The molecule has 2 rings (SSSR count). The van der Waals surface area contributed by atoms with E-state index in [4.69, 9.17) is 0 Å². The normalized spacial score (nSPS) is 10.4. The Morgan fingerprint density at radius 2 is 1.87 bits per heavy atom. The van der Waals surface area contributed by atoms with E-state index < -0.39 is 23.7 Å². The molecule has 7 heteroatoms. The zero-order valence-electron chi connectivity index (χ0n) is 11.4. The Hall–Kier alpha value is -3.14. The Bertz CT molecular complexity index is 789. The number of nitrogens with zero attached hydrogens (tertiary/aromatic N) is 1. The molecule has 1 aromatic heterocycles. The molecule has 1 heterocycles. The summed E-state index contributed by atoms with van der Waals surface area (Å²) in [5, 5.41) is 0. The fourth-order valence-electron chi connectivity index (χ4n) is 1.54. The molecule has 0 amide bonds. The first-order valence-electron chi connectivity index (χ1n) is 6.23. The minimum absolute atomic E-state index is 0.0259. The number of halogens is 3. The predicted molar refractivity (Wildman–Crippen MR) is 73.0 cm³/mol. The van der Waals surface area contributed by atoms with Crippen LogP contribution < -0.4 is 0 Å². The molecule has 0 fully saturated rings. The number of ether oxygens (including phenoxy) is 1. The van der Waals surface area contributed by atoms with Crippen molar-refractivity contribution in [1.29, 1.82) is 0 Å². The van der Waals surface area contributed by atoms with E-state index in [-0.39, 0.29) is 11.3 Å². The second kappa shape index (κ2) is 6.75.